The van der Waals surface area contributed by atoms with Crippen LogP contribution in [0.1, 0.15) is 64.5 Å². The third-order valence-electron chi connectivity index (χ3n) is 9.51. The maximum atomic E-state index is 13.4. The molecule has 4 aliphatic rings. The second kappa shape index (κ2) is 8.09. The lowest BCUT2D eigenvalue weighted by molar-refractivity contribution is -0.143. The Kier molecular flexibility index (Phi) is 5.65. The molecular weight excluding hydrogens is 418 g/mol. The number of fused-ring (bicyclic) bond motifs is 5. The fraction of sp³-hybridized carbons (Fsp3) is 0.667. The van der Waals surface area contributed by atoms with E-state index in [4.69, 9.17) is 0 Å². The monoisotopic (exact) mass is 453 g/mol. The maximum absolute atomic E-state index is 13.4. The van der Waals surface area contributed by atoms with E-state index < -0.39 is 6.10 Å². The second-order valence-corrected chi connectivity index (χ2v) is 12.2. The van der Waals surface area contributed by atoms with E-state index in [0.29, 0.717) is 36.2 Å². The van der Waals surface area contributed by atoms with E-state index in [1.165, 1.54) is 5.57 Å². The number of aryl methyl sites for hydroxylation is 1. The quantitative estimate of drug-likeness (QED) is 0.637. The number of hydrogen-bond acceptors (Lipinski definition) is 5. The number of pyridine rings is 1. The van der Waals surface area contributed by atoms with Crippen molar-refractivity contribution in [2.75, 3.05) is 5.75 Å². The first-order valence-electron chi connectivity index (χ1n) is 12.2. The minimum atomic E-state index is -0.400. The molecule has 3 fully saturated rings. The van der Waals surface area contributed by atoms with Crippen molar-refractivity contribution in [3.8, 4) is 0 Å². The topological polar surface area (TPSA) is 67.3 Å². The largest absolute Gasteiger partial charge is 0.393 e. The molecule has 1 aromatic heterocycles. The van der Waals surface area contributed by atoms with E-state index in [-0.39, 0.29) is 28.4 Å². The summed E-state index contributed by atoms with van der Waals surface area (Å²) in [5, 5.41) is 12.4. The Morgan fingerprint density at radius 2 is 2.03 bits per heavy atom. The van der Waals surface area contributed by atoms with Gasteiger partial charge in [0.1, 0.15) is 5.78 Å². The van der Waals surface area contributed by atoms with Crippen LogP contribution in [0.3, 0.4) is 0 Å². The molecular formula is C27H35NO3S. The third kappa shape index (κ3) is 3.51. The zero-order valence-electron chi connectivity index (χ0n) is 19.5. The molecule has 5 heteroatoms. The van der Waals surface area contributed by atoms with Crippen molar-refractivity contribution in [2.45, 2.75) is 76.8 Å². The SMILES string of the molecule is Cc1cccc(SCC(=O)C2CCC3C4CCC5=CC(=O)CCC5(C)C4[C@@H](O)CC23C)n1. The van der Waals surface area contributed by atoms with Gasteiger partial charge in [0.25, 0.3) is 0 Å². The second-order valence-electron chi connectivity index (χ2n) is 11.2. The molecule has 6 unspecified atom stereocenters. The summed E-state index contributed by atoms with van der Waals surface area (Å²) in [6, 6.07) is 5.94. The van der Waals surface area contributed by atoms with Gasteiger partial charge < -0.3 is 5.11 Å². The summed E-state index contributed by atoms with van der Waals surface area (Å²) in [5.41, 5.74) is 2.05. The van der Waals surface area contributed by atoms with Gasteiger partial charge in [-0.25, -0.2) is 4.98 Å². The highest BCUT2D eigenvalue weighted by atomic mass is 32.2. The van der Waals surface area contributed by atoms with Crippen LogP contribution in [0.15, 0.2) is 34.9 Å². The normalized spacial score (nSPS) is 40.8. The lowest BCUT2D eigenvalue weighted by Gasteiger charge is -2.59. The number of Topliss-reactive ketones (excluding diaryl/α,β-unsaturated/α-hetero) is 1. The van der Waals surface area contributed by atoms with Gasteiger partial charge in [-0.2, -0.15) is 0 Å². The van der Waals surface area contributed by atoms with Crippen molar-refractivity contribution >= 4 is 23.3 Å². The van der Waals surface area contributed by atoms with Gasteiger partial charge >= 0.3 is 0 Å². The smallest absolute Gasteiger partial charge is 0.155 e. The molecule has 1 N–H and O–H groups in total. The minimum Gasteiger partial charge on any atom is -0.393 e. The summed E-state index contributed by atoms with van der Waals surface area (Å²) < 4.78 is 0. The Bertz CT molecular complexity index is 973. The van der Waals surface area contributed by atoms with Crippen LogP contribution in [-0.4, -0.2) is 33.5 Å². The highest BCUT2D eigenvalue weighted by Crippen LogP contribution is 2.66. The summed E-state index contributed by atoms with van der Waals surface area (Å²) in [4.78, 5) is 30.0. The Labute approximate surface area is 195 Å². The summed E-state index contributed by atoms with van der Waals surface area (Å²) in [7, 11) is 0. The standard InChI is InChI=1S/C27H35NO3S/c1-16-5-4-6-24(28-16)32-15-23(31)21-10-9-20-19-8-7-17-13-18(29)11-12-26(17,2)25(19)22(30)14-27(20,21)3/h4-6,13,19-22,25,30H,7-12,14-15H2,1-3H3/t19?,20?,21?,22-,25?,26?,27?/m0/s1. The van der Waals surface area contributed by atoms with Gasteiger partial charge in [0.2, 0.25) is 0 Å². The summed E-state index contributed by atoms with van der Waals surface area (Å²) in [6.07, 6.45) is 7.69. The van der Waals surface area contributed by atoms with Gasteiger partial charge in [-0.3, -0.25) is 9.59 Å². The minimum absolute atomic E-state index is 0.0260. The Hall–Kier alpha value is -1.46. The number of rotatable bonds is 4. The number of allylic oxidation sites excluding steroid dienone is 1. The molecule has 172 valence electrons. The fourth-order valence-corrected chi connectivity index (χ4v) is 8.93. The first-order valence-corrected chi connectivity index (χ1v) is 13.2. The zero-order valence-corrected chi connectivity index (χ0v) is 20.3. The van der Waals surface area contributed by atoms with Crippen LogP contribution in [0, 0.1) is 41.4 Å². The summed E-state index contributed by atoms with van der Waals surface area (Å²) >= 11 is 1.54. The van der Waals surface area contributed by atoms with Crippen LogP contribution in [0.25, 0.3) is 0 Å². The Morgan fingerprint density at radius 1 is 1.22 bits per heavy atom. The van der Waals surface area contributed by atoms with Crippen molar-refractivity contribution in [3.63, 3.8) is 0 Å². The van der Waals surface area contributed by atoms with Crippen LogP contribution < -0.4 is 0 Å². The summed E-state index contributed by atoms with van der Waals surface area (Å²) in [5.74, 6) is 2.20. The zero-order chi connectivity index (χ0) is 22.7. The van der Waals surface area contributed by atoms with E-state index >= 15 is 0 Å². The first-order chi connectivity index (χ1) is 15.2. The molecule has 4 aliphatic carbocycles. The number of carbonyl (C=O) groups is 2. The molecule has 5 rings (SSSR count). The van der Waals surface area contributed by atoms with Crippen molar-refractivity contribution in [3.05, 3.63) is 35.5 Å². The number of aromatic nitrogens is 1. The molecule has 4 nitrogen and oxygen atoms in total. The van der Waals surface area contributed by atoms with Crippen molar-refractivity contribution in [1.82, 2.24) is 4.98 Å². The molecule has 32 heavy (non-hydrogen) atoms. The highest BCUT2D eigenvalue weighted by Gasteiger charge is 2.62. The van der Waals surface area contributed by atoms with Gasteiger partial charge in [0.15, 0.2) is 5.78 Å². The third-order valence-corrected chi connectivity index (χ3v) is 10.5. The van der Waals surface area contributed by atoms with Crippen LogP contribution in [0.5, 0.6) is 0 Å². The lowest BCUT2D eigenvalue weighted by Crippen LogP contribution is -2.57. The number of thioether (sulfide) groups is 1. The molecule has 1 aromatic rings. The van der Waals surface area contributed by atoms with Crippen molar-refractivity contribution in [1.29, 1.82) is 0 Å². The van der Waals surface area contributed by atoms with E-state index in [2.05, 4.69) is 18.8 Å². The molecule has 0 aromatic carbocycles. The average Bonchev–Trinajstić information content (AvgIpc) is 3.09. The highest BCUT2D eigenvalue weighted by molar-refractivity contribution is 7.99. The summed E-state index contributed by atoms with van der Waals surface area (Å²) in [6.45, 7) is 6.54. The molecule has 0 saturated heterocycles. The molecule has 0 bridgehead atoms. The van der Waals surface area contributed by atoms with Gasteiger partial charge in [-0.05, 0) is 92.2 Å². The lowest BCUT2D eigenvalue weighted by atomic mass is 9.46. The van der Waals surface area contributed by atoms with Gasteiger partial charge in [0.05, 0.1) is 16.9 Å². The number of aliphatic hydroxyl groups is 1. The Balaban J connectivity index is 1.35. The van der Waals surface area contributed by atoms with Crippen molar-refractivity contribution in [2.24, 2.45) is 34.5 Å². The number of nitrogens with zero attached hydrogens (tertiary/aromatic N) is 1. The number of hydrogen-bond donors (Lipinski definition) is 1. The molecule has 0 spiro atoms. The van der Waals surface area contributed by atoms with Crippen LogP contribution >= 0.6 is 11.8 Å². The van der Waals surface area contributed by atoms with Gasteiger partial charge in [0, 0.05) is 18.0 Å². The number of aliphatic hydroxyl groups excluding tert-OH is 1. The molecule has 0 amide bonds. The maximum Gasteiger partial charge on any atom is 0.155 e. The van der Waals surface area contributed by atoms with Gasteiger partial charge in [-0.1, -0.05) is 37.2 Å². The van der Waals surface area contributed by atoms with Crippen LogP contribution in [0.2, 0.25) is 0 Å². The Morgan fingerprint density at radius 3 is 2.81 bits per heavy atom. The fourth-order valence-electron chi connectivity index (χ4n) is 8.06. The average molecular weight is 454 g/mol. The van der Waals surface area contributed by atoms with E-state index in [1.807, 2.05) is 31.2 Å². The van der Waals surface area contributed by atoms with E-state index in [0.717, 1.165) is 42.8 Å². The van der Waals surface area contributed by atoms with Gasteiger partial charge in [-0.15, -0.1) is 0 Å². The van der Waals surface area contributed by atoms with Crippen LogP contribution in [-0.2, 0) is 9.59 Å². The number of carbonyl (C=O) groups excluding carboxylic acids is 2. The van der Waals surface area contributed by atoms with E-state index in [1.54, 1.807) is 11.8 Å². The predicted molar refractivity (Wildman–Crippen MR) is 126 cm³/mol. The van der Waals surface area contributed by atoms with E-state index in [9.17, 15) is 14.7 Å². The molecule has 7 atom stereocenters. The molecule has 3 saturated carbocycles. The predicted octanol–water partition coefficient (Wildman–Crippen LogP) is 5.17. The van der Waals surface area contributed by atoms with Crippen LogP contribution in [0.4, 0.5) is 0 Å². The molecule has 0 radical (unpaired) electrons. The van der Waals surface area contributed by atoms with Crippen molar-refractivity contribution < 1.29 is 14.7 Å². The molecule has 1 heterocycles. The molecule has 0 aliphatic heterocycles. The number of ketones is 2. The first kappa shape index (κ1) is 22.3.